The molecule has 0 unspecified atom stereocenters. The van der Waals surface area contributed by atoms with Gasteiger partial charge in [-0.15, -0.1) is 0 Å². The second-order valence-corrected chi connectivity index (χ2v) is 7.67. The van der Waals surface area contributed by atoms with Gasteiger partial charge in [-0.25, -0.2) is 0 Å². The molecule has 2 heterocycles. The molecular formula is C24H24N2O2. The van der Waals surface area contributed by atoms with Crippen molar-refractivity contribution in [3.8, 4) is 33.8 Å². The van der Waals surface area contributed by atoms with Crippen molar-refractivity contribution in [3.05, 3.63) is 71.8 Å². The highest BCUT2D eigenvalue weighted by molar-refractivity contribution is 5.88. The van der Waals surface area contributed by atoms with E-state index in [9.17, 15) is 0 Å². The van der Waals surface area contributed by atoms with Gasteiger partial charge in [0.1, 0.15) is 25.0 Å². The van der Waals surface area contributed by atoms with Gasteiger partial charge < -0.3 is 9.47 Å². The average molecular weight is 372 g/mol. The molecular weight excluding hydrogens is 348 g/mol. The topological polar surface area (TPSA) is 24.9 Å². The standard InChI is InChI=1S/C24H24N2O2/c1-25-13-19-21(17-9-5-3-6-10-17)24-20(14-26(2)16-28-24)22(23(19)27-15-25)18-11-7-4-8-12-18/h3-12H,13-16H2,1-2H3. The van der Waals surface area contributed by atoms with Crippen molar-refractivity contribution in [1.29, 1.82) is 0 Å². The summed E-state index contributed by atoms with van der Waals surface area (Å²) in [7, 11) is 4.18. The first-order valence-corrected chi connectivity index (χ1v) is 9.67. The molecule has 0 bridgehead atoms. The predicted octanol–water partition coefficient (Wildman–Crippen LogP) is 4.58. The largest absolute Gasteiger partial charge is 0.477 e. The van der Waals surface area contributed by atoms with Crippen molar-refractivity contribution in [2.75, 3.05) is 27.6 Å². The smallest absolute Gasteiger partial charge is 0.142 e. The van der Waals surface area contributed by atoms with Gasteiger partial charge in [0.15, 0.2) is 0 Å². The van der Waals surface area contributed by atoms with Gasteiger partial charge in [-0.05, 0) is 25.2 Å². The van der Waals surface area contributed by atoms with E-state index in [0.717, 1.165) is 24.6 Å². The van der Waals surface area contributed by atoms with E-state index in [1.807, 2.05) is 0 Å². The molecule has 0 amide bonds. The highest BCUT2D eigenvalue weighted by Crippen LogP contribution is 2.51. The van der Waals surface area contributed by atoms with Gasteiger partial charge in [0, 0.05) is 35.3 Å². The summed E-state index contributed by atoms with van der Waals surface area (Å²) in [5, 5.41) is 0. The molecule has 0 aromatic heterocycles. The van der Waals surface area contributed by atoms with Crippen LogP contribution in [0.25, 0.3) is 22.3 Å². The number of ether oxygens (including phenoxy) is 2. The Morgan fingerprint density at radius 1 is 0.607 bits per heavy atom. The van der Waals surface area contributed by atoms with E-state index in [1.54, 1.807) is 0 Å². The molecule has 2 aliphatic heterocycles. The Balaban J connectivity index is 1.86. The van der Waals surface area contributed by atoms with Crippen LogP contribution < -0.4 is 9.47 Å². The van der Waals surface area contributed by atoms with Crippen molar-refractivity contribution in [2.45, 2.75) is 13.1 Å². The van der Waals surface area contributed by atoms with E-state index >= 15 is 0 Å². The van der Waals surface area contributed by atoms with Gasteiger partial charge in [0.05, 0.1) is 0 Å². The Labute approximate surface area is 165 Å². The summed E-state index contributed by atoms with van der Waals surface area (Å²) in [6.07, 6.45) is 0. The molecule has 0 N–H and O–H groups in total. The van der Waals surface area contributed by atoms with Crippen molar-refractivity contribution >= 4 is 0 Å². The third-order valence-electron chi connectivity index (χ3n) is 5.45. The molecule has 5 rings (SSSR count). The van der Waals surface area contributed by atoms with Crippen molar-refractivity contribution in [1.82, 2.24) is 9.80 Å². The summed E-state index contributed by atoms with van der Waals surface area (Å²) in [5.74, 6) is 2.00. The van der Waals surface area contributed by atoms with Crippen molar-refractivity contribution in [2.24, 2.45) is 0 Å². The number of fused-ring (bicyclic) bond motifs is 2. The van der Waals surface area contributed by atoms with Crippen LogP contribution in [0.2, 0.25) is 0 Å². The lowest BCUT2D eigenvalue weighted by atomic mass is 9.87. The fourth-order valence-electron chi connectivity index (χ4n) is 4.22. The molecule has 0 aliphatic carbocycles. The van der Waals surface area contributed by atoms with E-state index in [0.29, 0.717) is 13.5 Å². The molecule has 2 aliphatic rings. The monoisotopic (exact) mass is 372 g/mol. The predicted molar refractivity (Wildman–Crippen MR) is 111 cm³/mol. The highest BCUT2D eigenvalue weighted by Gasteiger charge is 2.32. The molecule has 0 saturated heterocycles. The Kier molecular flexibility index (Phi) is 4.30. The summed E-state index contributed by atoms with van der Waals surface area (Å²) in [5.41, 5.74) is 7.12. The summed E-state index contributed by atoms with van der Waals surface area (Å²) < 4.78 is 12.7. The first-order valence-electron chi connectivity index (χ1n) is 9.67. The van der Waals surface area contributed by atoms with Crippen LogP contribution in [0.1, 0.15) is 11.1 Å². The summed E-state index contributed by atoms with van der Waals surface area (Å²) in [6.45, 7) is 2.87. The van der Waals surface area contributed by atoms with Gasteiger partial charge in [-0.3, -0.25) is 9.80 Å². The second-order valence-electron chi connectivity index (χ2n) is 7.67. The number of nitrogens with zero attached hydrogens (tertiary/aromatic N) is 2. The van der Waals surface area contributed by atoms with Gasteiger partial charge in [-0.2, -0.15) is 0 Å². The Morgan fingerprint density at radius 3 is 1.39 bits per heavy atom. The Morgan fingerprint density at radius 2 is 1.00 bits per heavy atom. The van der Waals surface area contributed by atoms with E-state index < -0.39 is 0 Å². The van der Waals surface area contributed by atoms with Crippen LogP contribution in [-0.4, -0.2) is 37.4 Å². The minimum absolute atomic E-state index is 0.594. The van der Waals surface area contributed by atoms with Crippen LogP contribution in [0.5, 0.6) is 11.5 Å². The second kappa shape index (κ2) is 6.97. The molecule has 28 heavy (non-hydrogen) atoms. The molecule has 0 spiro atoms. The zero-order valence-electron chi connectivity index (χ0n) is 16.3. The third kappa shape index (κ3) is 2.86. The molecule has 0 atom stereocenters. The van der Waals surface area contributed by atoms with Crippen molar-refractivity contribution < 1.29 is 9.47 Å². The van der Waals surface area contributed by atoms with Crippen LogP contribution in [0.15, 0.2) is 60.7 Å². The molecule has 142 valence electrons. The maximum Gasteiger partial charge on any atom is 0.142 e. The minimum Gasteiger partial charge on any atom is -0.477 e. The first kappa shape index (κ1) is 17.3. The molecule has 0 saturated carbocycles. The third-order valence-corrected chi connectivity index (χ3v) is 5.45. The van der Waals surface area contributed by atoms with Crippen molar-refractivity contribution in [3.63, 3.8) is 0 Å². The number of hydrogen-bond acceptors (Lipinski definition) is 4. The molecule has 3 aromatic carbocycles. The van der Waals surface area contributed by atoms with Crippen LogP contribution in [0.4, 0.5) is 0 Å². The van der Waals surface area contributed by atoms with Gasteiger partial charge in [0.2, 0.25) is 0 Å². The van der Waals surface area contributed by atoms with Crippen LogP contribution in [0, 0.1) is 0 Å². The fraction of sp³-hybridized carbons (Fsp3) is 0.250. The van der Waals surface area contributed by atoms with Crippen LogP contribution in [-0.2, 0) is 13.1 Å². The lowest BCUT2D eigenvalue weighted by Gasteiger charge is -2.36. The van der Waals surface area contributed by atoms with E-state index in [4.69, 9.17) is 9.47 Å². The molecule has 4 heteroatoms. The maximum atomic E-state index is 6.34. The lowest BCUT2D eigenvalue weighted by Crippen LogP contribution is -2.32. The molecule has 4 nitrogen and oxygen atoms in total. The van der Waals surface area contributed by atoms with Gasteiger partial charge in [-0.1, -0.05) is 60.7 Å². The average Bonchev–Trinajstić information content (AvgIpc) is 2.73. The van der Waals surface area contributed by atoms with Crippen LogP contribution in [0.3, 0.4) is 0 Å². The summed E-state index contributed by atoms with van der Waals surface area (Å²) >= 11 is 0. The SMILES string of the molecule is CN1COc2c(c(-c3ccccc3)c3c(c2-c2ccccc2)CN(C)CO3)C1. The quantitative estimate of drug-likeness (QED) is 0.657. The zero-order chi connectivity index (χ0) is 19.1. The first-order chi connectivity index (χ1) is 13.7. The summed E-state index contributed by atoms with van der Waals surface area (Å²) in [4.78, 5) is 4.40. The van der Waals surface area contributed by atoms with Gasteiger partial charge >= 0.3 is 0 Å². The normalized spacial score (nSPS) is 16.6. The minimum atomic E-state index is 0.594. The maximum absolute atomic E-state index is 6.34. The van der Waals surface area contributed by atoms with Gasteiger partial charge in [0.25, 0.3) is 0 Å². The highest BCUT2D eigenvalue weighted by atomic mass is 16.5. The number of rotatable bonds is 2. The molecule has 0 fully saturated rings. The number of hydrogen-bond donors (Lipinski definition) is 0. The lowest BCUT2D eigenvalue weighted by molar-refractivity contribution is 0.112. The van der Waals surface area contributed by atoms with E-state index in [2.05, 4.69) is 84.6 Å². The summed E-state index contributed by atoms with van der Waals surface area (Å²) in [6, 6.07) is 21.1. The zero-order valence-corrected chi connectivity index (χ0v) is 16.3. The Hall–Kier alpha value is -2.82. The van der Waals surface area contributed by atoms with E-state index in [-0.39, 0.29) is 0 Å². The van der Waals surface area contributed by atoms with Crippen LogP contribution >= 0.6 is 0 Å². The fourth-order valence-corrected chi connectivity index (χ4v) is 4.22. The molecule has 3 aromatic rings. The number of benzene rings is 3. The molecule has 0 radical (unpaired) electrons. The van der Waals surface area contributed by atoms with E-state index in [1.165, 1.54) is 33.4 Å². The Bertz CT molecular complexity index is 919.